The summed E-state index contributed by atoms with van der Waals surface area (Å²) >= 11 is 3.46. The van der Waals surface area contributed by atoms with Crippen molar-refractivity contribution in [1.82, 2.24) is 4.98 Å². The summed E-state index contributed by atoms with van der Waals surface area (Å²) in [5.74, 6) is -0.995. The first-order chi connectivity index (χ1) is 10.0. The summed E-state index contributed by atoms with van der Waals surface area (Å²) in [7, 11) is 0. The highest BCUT2D eigenvalue weighted by atomic mass is 79.9. The van der Waals surface area contributed by atoms with Crippen molar-refractivity contribution < 1.29 is 14.3 Å². The fourth-order valence-corrected chi connectivity index (χ4v) is 2.34. The van der Waals surface area contributed by atoms with E-state index >= 15 is 0 Å². The first-order valence-electron chi connectivity index (χ1n) is 6.20. The molecule has 2 aromatic carbocycles. The average Bonchev–Trinajstić information content (AvgIpc) is 2.85. The van der Waals surface area contributed by atoms with Crippen LogP contribution in [0.15, 0.2) is 45.3 Å². The van der Waals surface area contributed by atoms with Crippen LogP contribution in [-0.4, -0.2) is 16.1 Å². The summed E-state index contributed by atoms with van der Waals surface area (Å²) in [5.41, 5.74) is 3.12. The van der Waals surface area contributed by atoms with Gasteiger partial charge in [0.1, 0.15) is 5.52 Å². The molecule has 0 aliphatic heterocycles. The van der Waals surface area contributed by atoms with Crippen molar-refractivity contribution in [3.8, 4) is 0 Å². The zero-order valence-electron chi connectivity index (χ0n) is 11.1. The van der Waals surface area contributed by atoms with Gasteiger partial charge in [0, 0.05) is 10.2 Å². The van der Waals surface area contributed by atoms with Crippen LogP contribution in [0.1, 0.15) is 15.9 Å². The van der Waals surface area contributed by atoms with Gasteiger partial charge in [0.05, 0.1) is 5.56 Å². The van der Waals surface area contributed by atoms with Crippen molar-refractivity contribution in [2.45, 2.75) is 6.92 Å². The third-order valence-electron chi connectivity index (χ3n) is 3.14. The third-order valence-corrected chi connectivity index (χ3v) is 4.00. The number of aromatic nitrogens is 1. The van der Waals surface area contributed by atoms with Gasteiger partial charge in [-0.15, -0.1) is 0 Å². The number of nitrogens with one attached hydrogen (secondary N) is 1. The van der Waals surface area contributed by atoms with Gasteiger partial charge in [0.15, 0.2) is 5.58 Å². The van der Waals surface area contributed by atoms with E-state index in [1.54, 1.807) is 6.07 Å². The Morgan fingerprint density at radius 3 is 2.90 bits per heavy atom. The second-order valence-corrected chi connectivity index (χ2v) is 5.40. The Morgan fingerprint density at radius 2 is 2.14 bits per heavy atom. The zero-order valence-corrected chi connectivity index (χ0v) is 12.6. The smallest absolute Gasteiger partial charge is 0.335 e. The van der Waals surface area contributed by atoms with E-state index in [4.69, 9.17) is 9.52 Å². The summed E-state index contributed by atoms with van der Waals surface area (Å²) in [6.45, 7) is 1.97. The van der Waals surface area contributed by atoms with Crippen LogP contribution in [0, 0.1) is 6.92 Å². The lowest BCUT2D eigenvalue weighted by atomic mass is 10.2. The molecule has 0 atom stereocenters. The lowest BCUT2D eigenvalue weighted by molar-refractivity contribution is 0.0697. The van der Waals surface area contributed by atoms with Crippen LogP contribution in [0.2, 0.25) is 0 Å². The highest BCUT2D eigenvalue weighted by Gasteiger charge is 2.11. The minimum absolute atomic E-state index is 0.170. The summed E-state index contributed by atoms with van der Waals surface area (Å²) < 4.78 is 6.54. The number of oxazole rings is 1. The summed E-state index contributed by atoms with van der Waals surface area (Å²) in [6.07, 6.45) is 0. The maximum absolute atomic E-state index is 10.9. The zero-order chi connectivity index (χ0) is 15.0. The number of carboxylic acids is 1. The molecule has 106 valence electrons. The Bertz CT molecular complexity index is 842. The number of nitrogens with zero attached hydrogens (tertiary/aromatic N) is 1. The second-order valence-electron chi connectivity index (χ2n) is 4.54. The van der Waals surface area contributed by atoms with Crippen LogP contribution in [0.5, 0.6) is 0 Å². The van der Waals surface area contributed by atoms with Crippen molar-refractivity contribution in [2.24, 2.45) is 0 Å². The van der Waals surface area contributed by atoms with E-state index in [1.165, 1.54) is 12.1 Å². The Morgan fingerprint density at radius 1 is 1.33 bits per heavy atom. The number of fused-ring (bicyclic) bond motifs is 1. The SMILES string of the molecule is Cc1c(Br)cccc1Nc1nc2ccc(C(=O)O)cc2o1. The molecule has 0 radical (unpaired) electrons. The molecule has 0 saturated heterocycles. The molecule has 6 heteroatoms. The maximum Gasteiger partial charge on any atom is 0.335 e. The van der Waals surface area contributed by atoms with Gasteiger partial charge in [-0.1, -0.05) is 22.0 Å². The van der Waals surface area contributed by atoms with E-state index in [9.17, 15) is 4.79 Å². The minimum Gasteiger partial charge on any atom is -0.478 e. The van der Waals surface area contributed by atoms with E-state index in [1.807, 2.05) is 25.1 Å². The van der Waals surface area contributed by atoms with Crippen LogP contribution in [0.25, 0.3) is 11.1 Å². The molecule has 0 bridgehead atoms. The molecule has 0 unspecified atom stereocenters. The molecule has 5 nitrogen and oxygen atoms in total. The van der Waals surface area contributed by atoms with Gasteiger partial charge in [-0.2, -0.15) is 4.98 Å². The standard InChI is InChI=1S/C15H11BrN2O3/c1-8-10(16)3-2-4-11(8)17-15-18-12-6-5-9(14(19)20)7-13(12)21-15/h2-7H,1H3,(H,17,18)(H,19,20). The molecule has 0 aliphatic carbocycles. The fraction of sp³-hybridized carbons (Fsp3) is 0.0667. The van der Waals surface area contributed by atoms with Crippen molar-refractivity contribution >= 4 is 44.7 Å². The number of benzene rings is 2. The van der Waals surface area contributed by atoms with Crippen molar-refractivity contribution in [2.75, 3.05) is 5.32 Å². The predicted molar refractivity (Wildman–Crippen MR) is 83.1 cm³/mol. The lowest BCUT2D eigenvalue weighted by Crippen LogP contribution is -1.94. The van der Waals surface area contributed by atoms with Crippen molar-refractivity contribution in [3.05, 3.63) is 52.0 Å². The number of carbonyl (C=O) groups is 1. The molecule has 0 aliphatic rings. The van der Waals surface area contributed by atoms with E-state index in [-0.39, 0.29) is 5.56 Å². The number of aromatic carboxylic acids is 1. The van der Waals surface area contributed by atoms with Crippen LogP contribution in [-0.2, 0) is 0 Å². The van der Waals surface area contributed by atoms with E-state index < -0.39 is 5.97 Å². The molecule has 0 saturated carbocycles. The quantitative estimate of drug-likeness (QED) is 0.737. The van der Waals surface area contributed by atoms with Crippen molar-refractivity contribution in [1.29, 1.82) is 0 Å². The maximum atomic E-state index is 10.9. The fourth-order valence-electron chi connectivity index (χ4n) is 1.97. The van der Waals surface area contributed by atoms with Gasteiger partial charge in [0.2, 0.25) is 0 Å². The predicted octanol–water partition coefficient (Wildman–Crippen LogP) is 4.34. The van der Waals surface area contributed by atoms with Gasteiger partial charge in [-0.3, -0.25) is 0 Å². The molecule has 0 spiro atoms. The Balaban J connectivity index is 1.98. The number of carboxylic acid groups (broad SMARTS) is 1. The monoisotopic (exact) mass is 346 g/mol. The molecule has 0 fully saturated rings. The number of hydrogen-bond acceptors (Lipinski definition) is 4. The molecule has 3 rings (SSSR count). The van der Waals surface area contributed by atoms with E-state index in [0.717, 1.165) is 15.7 Å². The summed E-state index contributed by atoms with van der Waals surface area (Å²) in [4.78, 5) is 15.2. The van der Waals surface area contributed by atoms with Gasteiger partial charge in [0.25, 0.3) is 6.01 Å². The highest BCUT2D eigenvalue weighted by Crippen LogP contribution is 2.28. The third kappa shape index (κ3) is 2.62. The second kappa shape index (κ2) is 5.21. The molecule has 1 aromatic heterocycles. The largest absolute Gasteiger partial charge is 0.478 e. The van der Waals surface area contributed by atoms with Crippen molar-refractivity contribution in [3.63, 3.8) is 0 Å². The molecular formula is C15H11BrN2O3. The topological polar surface area (TPSA) is 75.4 Å². The number of anilines is 2. The molecular weight excluding hydrogens is 336 g/mol. The van der Waals surface area contributed by atoms with Crippen LogP contribution in [0.3, 0.4) is 0 Å². The first-order valence-corrected chi connectivity index (χ1v) is 7.00. The molecule has 3 aromatic rings. The van der Waals surface area contributed by atoms with Crippen LogP contribution >= 0.6 is 15.9 Å². The normalized spacial score (nSPS) is 10.8. The molecule has 2 N–H and O–H groups in total. The molecule has 1 heterocycles. The number of halogens is 1. The summed E-state index contributed by atoms with van der Waals surface area (Å²) in [5, 5.41) is 12.1. The minimum atomic E-state index is -0.995. The molecule has 21 heavy (non-hydrogen) atoms. The van der Waals surface area contributed by atoms with Gasteiger partial charge in [-0.05, 0) is 42.8 Å². The van der Waals surface area contributed by atoms with Gasteiger partial charge >= 0.3 is 5.97 Å². The Hall–Kier alpha value is -2.34. The number of rotatable bonds is 3. The molecule has 0 amide bonds. The highest BCUT2D eigenvalue weighted by molar-refractivity contribution is 9.10. The Kier molecular flexibility index (Phi) is 3.39. The first kappa shape index (κ1) is 13.6. The van der Waals surface area contributed by atoms with Crippen LogP contribution < -0.4 is 5.32 Å². The summed E-state index contributed by atoms with van der Waals surface area (Å²) in [6, 6.07) is 10.7. The lowest BCUT2D eigenvalue weighted by Gasteiger charge is -2.06. The van der Waals surface area contributed by atoms with E-state index in [2.05, 4.69) is 26.2 Å². The van der Waals surface area contributed by atoms with E-state index in [0.29, 0.717) is 17.1 Å². The Labute approximate surface area is 128 Å². The van der Waals surface area contributed by atoms with Gasteiger partial charge < -0.3 is 14.8 Å². The van der Waals surface area contributed by atoms with Gasteiger partial charge in [-0.25, -0.2) is 4.79 Å². The average molecular weight is 347 g/mol. The number of hydrogen-bond donors (Lipinski definition) is 2. The van der Waals surface area contributed by atoms with Crippen LogP contribution in [0.4, 0.5) is 11.7 Å².